The van der Waals surface area contributed by atoms with Crippen LogP contribution in [0.25, 0.3) is 0 Å². The molecule has 0 aromatic carbocycles. The number of carbonyl (C=O) groups excluding carboxylic acids is 1. The molecule has 0 aliphatic heterocycles. The first-order valence-corrected chi connectivity index (χ1v) is 8.19. The molecule has 4 nitrogen and oxygen atoms in total. The minimum atomic E-state index is -0.0849. The van der Waals surface area contributed by atoms with Crippen molar-refractivity contribution in [2.75, 3.05) is 31.8 Å². The first-order valence-electron chi connectivity index (χ1n) is 7.03. The lowest BCUT2D eigenvalue weighted by Crippen LogP contribution is -2.19. The van der Waals surface area contributed by atoms with Gasteiger partial charge in [-0.1, -0.05) is 0 Å². The van der Waals surface area contributed by atoms with E-state index in [1.54, 1.807) is 0 Å². The Morgan fingerprint density at radius 3 is 2.37 bits per heavy atom. The minimum Gasteiger partial charge on any atom is -0.469 e. The molecule has 1 aliphatic rings. The first-order chi connectivity index (χ1) is 9.15. The van der Waals surface area contributed by atoms with Gasteiger partial charge in [-0.25, -0.2) is 0 Å². The second kappa shape index (κ2) is 8.82. The van der Waals surface area contributed by atoms with E-state index >= 15 is 0 Å². The Kier molecular flexibility index (Phi) is 7.80. The SMILES string of the molecule is CCOC(CCSCC1(CC(=O)OC)CC1)OCC. The van der Waals surface area contributed by atoms with Crippen LogP contribution in [0.15, 0.2) is 0 Å². The Balaban J connectivity index is 2.14. The van der Waals surface area contributed by atoms with Crippen LogP contribution in [-0.4, -0.2) is 44.1 Å². The van der Waals surface area contributed by atoms with Crippen molar-refractivity contribution in [1.29, 1.82) is 0 Å². The second-order valence-corrected chi connectivity index (χ2v) is 6.04. The summed E-state index contributed by atoms with van der Waals surface area (Å²) in [5.41, 5.74) is 0.213. The fourth-order valence-electron chi connectivity index (χ4n) is 1.98. The Hall–Kier alpha value is -0.260. The van der Waals surface area contributed by atoms with Crippen molar-refractivity contribution in [1.82, 2.24) is 0 Å². The summed E-state index contributed by atoms with van der Waals surface area (Å²) in [4.78, 5) is 11.3. The van der Waals surface area contributed by atoms with Gasteiger partial charge in [0.15, 0.2) is 6.29 Å². The van der Waals surface area contributed by atoms with Gasteiger partial charge in [0.25, 0.3) is 0 Å². The second-order valence-electron chi connectivity index (χ2n) is 4.93. The molecule has 0 N–H and O–H groups in total. The van der Waals surface area contributed by atoms with E-state index in [1.165, 1.54) is 7.11 Å². The summed E-state index contributed by atoms with van der Waals surface area (Å²) in [6.45, 7) is 5.33. The van der Waals surface area contributed by atoms with Gasteiger partial charge < -0.3 is 14.2 Å². The number of rotatable bonds is 11. The van der Waals surface area contributed by atoms with Gasteiger partial charge in [0.2, 0.25) is 0 Å². The molecule has 0 atom stereocenters. The maximum absolute atomic E-state index is 11.3. The Morgan fingerprint density at radius 1 is 1.26 bits per heavy atom. The monoisotopic (exact) mass is 290 g/mol. The van der Waals surface area contributed by atoms with Gasteiger partial charge in [0.1, 0.15) is 0 Å². The quantitative estimate of drug-likeness (QED) is 0.332. The fraction of sp³-hybridized carbons (Fsp3) is 0.929. The number of thioether (sulfide) groups is 1. The van der Waals surface area contributed by atoms with Crippen LogP contribution in [0, 0.1) is 5.41 Å². The molecule has 0 aromatic rings. The standard InChI is InChI=1S/C14H26O4S/c1-4-17-13(18-5-2)6-9-19-11-14(7-8-14)10-12(15)16-3/h13H,4-11H2,1-3H3. The van der Waals surface area contributed by atoms with E-state index in [1.807, 2.05) is 25.6 Å². The number of hydrogen-bond donors (Lipinski definition) is 0. The van der Waals surface area contributed by atoms with Crippen molar-refractivity contribution in [2.24, 2.45) is 5.41 Å². The highest BCUT2D eigenvalue weighted by Crippen LogP contribution is 2.51. The van der Waals surface area contributed by atoms with Crippen molar-refractivity contribution in [3.8, 4) is 0 Å². The van der Waals surface area contributed by atoms with Crippen molar-refractivity contribution in [2.45, 2.75) is 45.8 Å². The molecule has 5 heteroatoms. The largest absolute Gasteiger partial charge is 0.469 e. The Bertz CT molecular complexity index is 260. The molecular weight excluding hydrogens is 264 g/mol. The van der Waals surface area contributed by atoms with E-state index in [0.29, 0.717) is 19.6 Å². The van der Waals surface area contributed by atoms with Crippen LogP contribution in [0.5, 0.6) is 0 Å². The summed E-state index contributed by atoms with van der Waals surface area (Å²) in [7, 11) is 1.46. The van der Waals surface area contributed by atoms with Crippen LogP contribution in [0.3, 0.4) is 0 Å². The van der Waals surface area contributed by atoms with Crippen LogP contribution in [0.4, 0.5) is 0 Å². The molecule has 0 saturated heterocycles. The fourth-order valence-corrected chi connectivity index (χ4v) is 3.31. The molecule has 1 saturated carbocycles. The van der Waals surface area contributed by atoms with Gasteiger partial charge >= 0.3 is 5.97 Å². The van der Waals surface area contributed by atoms with Gasteiger partial charge in [-0.05, 0) is 43.6 Å². The zero-order valence-corrected chi connectivity index (χ0v) is 13.1. The smallest absolute Gasteiger partial charge is 0.306 e. The summed E-state index contributed by atoms with van der Waals surface area (Å²) < 4.78 is 15.8. The van der Waals surface area contributed by atoms with E-state index < -0.39 is 0 Å². The highest BCUT2D eigenvalue weighted by molar-refractivity contribution is 7.99. The third-order valence-electron chi connectivity index (χ3n) is 3.32. The van der Waals surface area contributed by atoms with Crippen LogP contribution >= 0.6 is 11.8 Å². The van der Waals surface area contributed by atoms with Gasteiger partial charge in [-0.3, -0.25) is 4.79 Å². The maximum Gasteiger partial charge on any atom is 0.306 e. The molecule has 0 radical (unpaired) electrons. The van der Waals surface area contributed by atoms with Crippen LogP contribution < -0.4 is 0 Å². The molecule has 1 rings (SSSR count). The predicted octanol–water partition coefficient (Wildman–Crippen LogP) is 2.85. The molecular formula is C14H26O4S. The zero-order valence-electron chi connectivity index (χ0n) is 12.3. The number of methoxy groups -OCH3 is 1. The molecule has 19 heavy (non-hydrogen) atoms. The summed E-state index contributed by atoms with van der Waals surface area (Å²) in [5, 5.41) is 0. The highest BCUT2D eigenvalue weighted by atomic mass is 32.2. The number of carbonyl (C=O) groups is 1. The summed E-state index contributed by atoms with van der Waals surface area (Å²) in [6, 6.07) is 0. The number of esters is 1. The molecule has 0 unspecified atom stereocenters. The highest BCUT2D eigenvalue weighted by Gasteiger charge is 2.44. The molecule has 112 valence electrons. The van der Waals surface area contributed by atoms with Crippen molar-refractivity contribution >= 4 is 17.7 Å². The van der Waals surface area contributed by atoms with E-state index in [-0.39, 0.29) is 17.7 Å². The van der Waals surface area contributed by atoms with Crippen LogP contribution in [0.1, 0.15) is 39.5 Å². The van der Waals surface area contributed by atoms with Gasteiger partial charge in [0, 0.05) is 19.6 Å². The van der Waals surface area contributed by atoms with E-state index in [4.69, 9.17) is 14.2 Å². The Morgan fingerprint density at radius 2 is 1.89 bits per heavy atom. The number of hydrogen-bond acceptors (Lipinski definition) is 5. The number of ether oxygens (including phenoxy) is 3. The minimum absolute atomic E-state index is 0.0837. The van der Waals surface area contributed by atoms with Crippen molar-refractivity contribution < 1.29 is 19.0 Å². The molecule has 0 bridgehead atoms. The van der Waals surface area contributed by atoms with Crippen LogP contribution in [0.2, 0.25) is 0 Å². The third-order valence-corrected chi connectivity index (χ3v) is 4.66. The lowest BCUT2D eigenvalue weighted by molar-refractivity contribution is -0.141. The summed E-state index contributed by atoms with van der Waals surface area (Å²) in [6.07, 6.45) is 3.68. The zero-order chi connectivity index (χ0) is 14.1. The van der Waals surface area contributed by atoms with E-state index in [9.17, 15) is 4.79 Å². The average molecular weight is 290 g/mol. The van der Waals surface area contributed by atoms with Crippen molar-refractivity contribution in [3.05, 3.63) is 0 Å². The van der Waals surface area contributed by atoms with Crippen LogP contribution in [-0.2, 0) is 19.0 Å². The molecule has 1 aliphatic carbocycles. The van der Waals surface area contributed by atoms with Gasteiger partial charge in [-0.15, -0.1) is 0 Å². The molecule has 0 amide bonds. The lowest BCUT2D eigenvalue weighted by atomic mass is 10.1. The Labute approximate surface area is 120 Å². The first kappa shape index (κ1) is 16.8. The molecule has 0 spiro atoms. The topological polar surface area (TPSA) is 44.8 Å². The molecule has 1 fully saturated rings. The van der Waals surface area contributed by atoms with Gasteiger partial charge in [0.05, 0.1) is 13.5 Å². The normalized spacial score (nSPS) is 16.6. The maximum atomic E-state index is 11.3. The predicted molar refractivity (Wildman–Crippen MR) is 77.3 cm³/mol. The van der Waals surface area contributed by atoms with Crippen molar-refractivity contribution in [3.63, 3.8) is 0 Å². The summed E-state index contributed by atoms with van der Waals surface area (Å²) >= 11 is 1.89. The van der Waals surface area contributed by atoms with E-state index in [2.05, 4.69) is 0 Å². The summed E-state index contributed by atoms with van der Waals surface area (Å²) in [5.74, 6) is 1.96. The average Bonchev–Trinajstić information content (AvgIpc) is 3.15. The van der Waals surface area contributed by atoms with Gasteiger partial charge in [-0.2, -0.15) is 11.8 Å². The molecule has 0 heterocycles. The van der Waals surface area contributed by atoms with E-state index in [0.717, 1.165) is 30.8 Å². The third kappa shape index (κ3) is 6.63. The lowest BCUT2D eigenvalue weighted by Gasteiger charge is -2.17. The molecule has 0 aromatic heterocycles.